The van der Waals surface area contributed by atoms with E-state index in [1.165, 1.54) is 11.1 Å². The van der Waals surface area contributed by atoms with Crippen LogP contribution in [-0.4, -0.2) is 77.8 Å². The predicted molar refractivity (Wildman–Crippen MR) is 142 cm³/mol. The van der Waals surface area contributed by atoms with Crippen LogP contribution >= 0.6 is 0 Å². The number of hydrogen-bond donors (Lipinski definition) is 2. The lowest BCUT2D eigenvalue weighted by molar-refractivity contribution is -0.132. The summed E-state index contributed by atoms with van der Waals surface area (Å²) in [6.07, 6.45) is 3.50. The minimum absolute atomic E-state index is 0.0377. The molecule has 2 aromatic rings. The number of likely N-dealkylation sites (N-methyl/N-ethyl adjacent to an activating group) is 2. The molecular weight excluding hydrogens is 472 g/mol. The fourth-order valence-electron chi connectivity index (χ4n) is 4.16. The highest BCUT2D eigenvalue weighted by Crippen LogP contribution is 2.29. The summed E-state index contributed by atoms with van der Waals surface area (Å²) >= 11 is 0. The summed E-state index contributed by atoms with van der Waals surface area (Å²) in [5.41, 5.74) is 2.66. The van der Waals surface area contributed by atoms with Gasteiger partial charge < -0.3 is 15.1 Å². The number of nitrogens with one attached hydrogen (secondary N) is 2. The van der Waals surface area contributed by atoms with Crippen LogP contribution in [0.4, 0.5) is 22.1 Å². The maximum Gasteiger partial charge on any atom is 0.328 e. The van der Waals surface area contributed by atoms with Gasteiger partial charge in [-0.15, -0.1) is 0 Å². The van der Waals surface area contributed by atoms with E-state index in [1.807, 2.05) is 40.9 Å². The molecule has 2 aromatic heterocycles. The second kappa shape index (κ2) is 12.3. The van der Waals surface area contributed by atoms with E-state index in [-0.39, 0.29) is 30.7 Å². The Morgan fingerprint density at radius 3 is 2.68 bits per heavy atom. The fourth-order valence-corrected chi connectivity index (χ4v) is 4.16. The van der Waals surface area contributed by atoms with Crippen LogP contribution < -0.4 is 15.5 Å². The summed E-state index contributed by atoms with van der Waals surface area (Å²) in [5.74, 6) is 0.681. The first-order valence-corrected chi connectivity index (χ1v) is 12.3. The molecule has 11 heteroatoms. The largest absolute Gasteiger partial charge is 0.382 e. The molecule has 196 valence electrons. The number of fused-ring (bicyclic) bond motifs is 1. The topological polar surface area (TPSA) is 135 Å². The lowest BCUT2D eigenvalue weighted by atomic mass is 10.0. The molecule has 0 unspecified atom stereocenters. The number of carbonyl (C=O) groups is 3. The molecule has 2 N–H and O–H groups in total. The van der Waals surface area contributed by atoms with Crippen LogP contribution in [0.3, 0.4) is 0 Å². The lowest BCUT2D eigenvalue weighted by Gasteiger charge is -2.30. The molecule has 3 heterocycles. The number of carbonyl (C=O) groups excluding carboxylic acids is 3. The van der Waals surface area contributed by atoms with Crippen molar-refractivity contribution in [2.45, 2.75) is 46.2 Å². The van der Waals surface area contributed by atoms with Crippen molar-refractivity contribution in [1.82, 2.24) is 19.8 Å². The molecule has 0 bridgehead atoms. The van der Waals surface area contributed by atoms with Gasteiger partial charge in [0.05, 0.1) is 17.8 Å². The van der Waals surface area contributed by atoms with Gasteiger partial charge in [0.1, 0.15) is 23.4 Å². The lowest BCUT2D eigenvalue weighted by Crippen LogP contribution is -2.40. The number of rotatable bonds is 9. The van der Waals surface area contributed by atoms with Crippen molar-refractivity contribution >= 4 is 35.5 Å². The van der Waals surface area contributed by atoms with E-state index >= 15 is 0 Å². The van der Waals surface area contributed by atoms with E-state index in [9.17, 15) is 19.6 Å². The van der Waals surface area contributed by atoms with Crippen molar-refractivity contribution in [3.8, 4) is 6.07 Å². The van der Waals surface area contributed by atoms with E-state index in [4.69, 9.17) is 0 Å². The van der Waals surface area contributed by atoms with Gasteiger partial charge in [-0.3, -0.25) is 19.8 Å². The monoisotopic (exact) mass is 506 g/mol. The van der Waals surface area contributed by atoms with Crippen molar-refractivity contribution < 1.29 is 14.4 Å². The van der Waals surface area contributed by atoms with E-state index < -0.39 is 6.03 Å². The van der Waals surface area contributed by atoms with Gasteiger partial charge in [-0.05, 0) is 59.3 Å². The number of aromatic nitrogens is 2. The molecule has 0 atom stereocenters. The first-order valence-electron chi connectivity index (χ1n) is 12.3. The first kappa shape index (κ1) is 27.5. The van der Waals surface area contributed by atoms with Crippen molar-refractivity contribution in [3.63, 3.8) is 0 Å². The Morgan fingerprint density at radius 2 is 2.05 bits per heavy atom. The standard InChI is InChI=1S/C26H34N8O3/c1-6-33(24(36)15-32(4)5)14-19-10-18-8-7-9-34(25(18)30-22(19)16-35)26(37)31-23-11-21(29-17(2)3)20(12-27)13-28-23/h10-11,13,16-17H,6-9,14-15H2,1-5H3,(H2,28,29,31,37). The van der Waals surface area contributed by atoms with Gasteiger partial charge in [-0.2, -0.15) is 5.26 Å². The molecule has 0 radical (unpaired) electrons. The molecule has 3 rings (SSSR count). The number of nitrogens with zero attached hydrogens (tertiary/aromatic N) is 6. The SMILES string of the molecule is CCN(Cc1cc2c(nc1C=O)N(C(=O)Nc1cc(NC(C)C)c(C#N)cn1)CCC2)C(=O)CN(C)C. The van der Waals surface area contributed by atoms with Crippen molar-refractivity contribution in [1.29, 1.82) is 5.26 Å². The second-order valence-corrected chi connectivity index (χ2v) is 9.49. The number of amides is 3. The van der Waals surface area contributed by atoms with Crippen molar-refractivity contribution in [2.75, 3.05) is 49.3 Å². The maximum absolute atomic E-state index is 13.2. The minimum atomic E-state index is -0.429. The summed E-state index contributed by atoms with van der Waals surface area (Å²) in [5, 5.41) is 15.3. The third kappa shape index (κ3) is 6.80. The highest BCUT2D eigenvalue weighted by molar-refractivity contribution is 6.01. The Bertz CT molecular complexity index is 1210. The first-order chi connectivity index (χ1) is 17.7. The minimum Gasteiger partial charge on any atom is -0.382 e. The van der Waals surface area contributed by atoms with E-state index in [0.717, 1.165) is 12.0 Å². The number of anilines is 3. The molecule has 37 heavy (non-hydrogen) atoms. The van der Waals surface area contributed by atoms with Gasteiger partial charge in [-0.25, -0.2) is 14.8 Å². The average molecular weight is 507 g/mol. The molecule has 0 aromatic carbocycles. The van der Waals surface area contributed by atoms with Crippen molar-refractivity contribution in [2.24, 2.45) is 0 Å². The van der Waals surface area contributed by atoms with E-state index in [1.54, 1.807) is 15.9 Å². The molecule has 3 amide bonds. The third-order valence-electron chi connectivity index (χ3n) is 5.88. The fraction of sp³-hybridized carbons (Fsp3) is 0.462. The number of pyridine rings is 2. The second-order valence-electron chi connectivity index (χ2n) is 9.49. The van der Waals surface area contributed by atoms with Crippen LogP contribution in [0.5, 0.6) is 0 Å². The molecule has 1 aliphatic heterocycles. The zero-order chi connectivity index (χ0) is 27.1. The van der Waals surface area contributed by atoms with E-state index in [2.05, 4.69) is 26.7 Å². The Hall–Kier alpha value is -4.04. The number of nitriles is 1. The molecule has 0 saturated heterocycles. The van der Waals surface area contributed by atoms with Gasteiger partial charge in [-0.1, -0.05) is 0 Å². The van der Waals surface area contributed by atoms with E-state index in [0.29, 0.717) is 54.2 Å². The molecule has 11 nitrogen and oxygen atoms in total. The Morgan fingerprint density at radius 1 is 1.30 bits per heavy atom. The van der Waals surface area contributed by atoms with Gasteiger partial charge in [0.2, 0.25) is 5.91 Å². The number of hydrogen-bond acceptors (Lipinski definition) is 8. The molecule has 1 aliphatic rings. The van der Waals surface area contributed by atoms with Crippen LogP contribution in [-0.2, 0) is 17.8 Å². The summed E-state index contributed by atoms with van der Waals surface area (Å²) in [4.78, 5) is 51.5. The third-order valence-corrected chi connectivity index (χ3v) is 5.88. The number of aryl methyl sites for hydroxylation is 1. The summed E-state index contributed by atoms with van der Waals surface area (Å²) in [7, 11) is 3.66. The zero-order valence-electron chi connectivity index (χ0n) is 22.0. The van der Waals surface area contributed by atoms with Gasteiger partial charge in [0, 0.05) is 43.5 Å². The van der Waals surface area contributed by atoms with Crippen LogP contribution in [0, 0.1) is 11.3 Å². The maximum atomic E-state index is 13.2. The molecule has 0 fully saturated rings. The summed E-state index contributed by atoms with van der Waals surface area (Å²) in [6, 6.07) is 5.25. The number of aldehydes is 1. The van der Waals surface area contributed by atoms with Gasteiger partial charge in [0.15, 0.2) is 6.29 Å². The molecule has 0 aliphatic carbocycles. The predicted octanol–water partition coefficient (Wildman–Crippen LogP) is 2.88. The molecule has 0 spiro atoms. The quantitative estimate of drug-likeness (QED) is 0.496. The Labute approximate surface area is 217 Å². The highest BCUT2D eigenvalue weighted by Gasteiger charge is 2.27. The summed E-state index contributed by atoms with van der Waals surface area (Å²) < 4.78 is 0. The normalized spacial score (nSPS) is 12.6. The van der Waals surface area contributed by atoms with Crippen LogP contribution in [0.2, 0.25) is 0 Å². The zero-order valence-corrected chi connectivity index (χ0v) is 22.0. The van der Waals surface area contributed by atoms with Crippen molar-refractivity contribution in [3.05, 3.63) is 40.7 Å². The molecule has 0 saturated carbocycles. The van der Waals surface area contributed by atoms with Crippen LogP contribution in [0.15, 0.2) is 18.3 Å². The smallest absolute Gasteiger partial charge is 0.328 e. The van der Waals surface area contributed by atoms with Crippen LogP contribution in [0.25, 0.3) is 0 Å². The Balaban J connectivity index is 1.86. The van der Waals surface area contributed by atoms with Crippen LogP contribution in [0.1, 0.15) is 54.4 Å². The number of urea groups is 1. The Kier molecular flexibility index (Phi) is 9.14. The van der Waals surface area contributed by atoms with Gasteiger partial charge >= 0.3 is 6.03 Å². The highest BCUT2D eigenvalue weighted by atomic mass is 16.2. The summed E-state index contributed by atoms with van der Waals surface area (Å²) in [6.45, 7) is 7.27. The molecular formula is C26H34N8O3. The van der Waals surface area contributed by atoms with Gasteiger partial charge in [0.25, 0.3) is 0 Å². The average Bonchev–Trinajstić information content (AvgIpc) is 2.85.